The minimum absolute atomic E-state index is 0.211. The van der Waals surface area contributed by atoms with Crippen LogP contribution in [0, 0.1) is 21.7 Å². The third-order valence-electron chi connectivity index (χ3n) is 2.52. The zero-order valence-corrected chi connectivity index (χ0v) is 11.6. The molecule has 1 aromatic carbocycles. The first-order valence-electron chi connectivity index (χ1n) is 5.80. The molecule has 0 aliphatic heterocycles. The number of hydrogen-bond donors (Lipinski definition) is 1. The van der Waals surface area contributed by atoms with Crippen molar-refractivity contribution < 1.29 is 18.5 Å². The summed E-state index contributed by atoms with van der Waals surface area (Å²) in [6.07, 6.45) is 0.423. The van der Waals surface area contributed by atoms with Crippen LogP contribution >= 0.6 is 11.6 Å². The lowest BCUT2D eigenvalue weighted by molar-refractivity contribution is -0.387. The summed E-state index contributed by atoms with van der Waals surface area (Å²) in [6, 6.07) is 0.668. The maximum atomic E-state index is 13.8. The molecule has 0 fully saturated rings. The van der Waals surface area contributed by atoms with E-state index in [1.165, 1.54) is 0 Å². The third kappa shape index (κ3) is 4.12. The van der Waals surface area contributed by atoms with E-state index in [1.807, 2.05) is 0 Å². The van der Waals surface area contributed by atoms with E-state index in [0.717, 1.165) is 0 Å². The number of nitro groups is 1. The first-order chi connectivity index (χ1) is 9.22. The van der Waals surface area contributed by atoms with Gasteiger partial charge in [-0.3, -0.25) is 14.9 Å². The highest BCUT2D eigenvalue weighted by Gasteiger charge is 2.25. The van der Waals surface area contributed by atoms with Gasteiger partial charge in [0.2, 0.25) is 5.82 Å². The highest BCUT2D eigenvalue weighted by atomic mass is 35.5. The monoisotopic (exact) mass is 306 g/mol. The van der Waals surface area contributed by atoms with Crippen molar-refractivity contribution in [2.45, 2.75) is 31.7 Å². The van der Waals surface area contributed by atoms with Crippen LogP contribution in [0.1, 0.15) is 30.6 Å². The van der Waals surface area contributed by atoms with E-state index in [2.05, 4.69) is 5.32 Å². The first kappa shape index (κ1) is 16.3. The van der Waals surface area contributed by atoms with Crippen molar-refractivity contribution in [3.05, 3.63) is 39.4 Å². The highest BCUT2D eigenvalue weighted by molar-refractivity contribution is 6.20. The fourth-order valence-electron chi connectivity index (χ4n) is 1.72. The van der Waals surface area contributed by atoms with Gasteiger partial charge in [-0.15, -0.1) is 11.6 Å². The predicted octanol–water partition coefficient (Wildman–Crippen LogP) is 3.01. The quantitative estimate of drug-likeness (QED) is 0.516. The molecule has 5 nitrogen and oxygen atoms in total. The molecule has 1 N–H and O–H groups in total. The molecule has 1 amide bonds. The lowest BCUT2D eigenvalue weighted by atomic mass is 10.1. The van der Waals surface area contributed by atoms with E-state index in [0.29, 0.717) is 18.6 Å². The van der Waals surface area contributed by atoms with Crippen molar-refractivity contribution in [3.8, 4) is 0 Å². The molecule has 0 radical (unpaired) electrons. The second-order valence-corrected chi connectivity index (χ2v) is 5.18. The molecule has 20 heavy (non-hydrogen) atoms. The molecule has 8 heteroatoms. The van der Waals surface area contributed by atoms with Gasteiger partial charge in [0, 0.05) is 11.4 Å². The highest BCUT2D eigenvalue weighted by Crippen LogP contribution is 2.22. The number of halogens is 3. The normalized spacial score (nSPS) is 13.7. The van der Waals surface area contributed by atoms with Crippen LogP contribution in [0.25, 0.3) is 0 Å². The van der Waals surface area contributed by atoms with Crippen LogP contribution in [0.5, 0.6) is 0 Å². The molecule has 0 bridgehead atoms. The Morgan fingerprint density at radius 1 is 1.45 bits per heavy atom. The van der Waals surface area contributed by atoms with E-state index in [9.17, 15) is 23.7 Å². The summed E-state index contributed by atoms with van der Waals surface area (Å²) in [7, 11) is 0. The number of amides is 1. The van der Waals surface area contributed by atoms with Crippen LogP contribution in [-0.2, 0) is 0 Å². The number of nitrogens with one attached hydrogen (secondary N) is 1. The van der Waals surface area contributed by atoms with Gasteiger partial charge in [0.15, 0.2) is 0 Å². The number of alkyl halides is 1. The molecular formula is C12H13ClF2N2O3. The fourth-order valence-corrected chi connectivity index (χ4v) is 1.99. The molecule has 110 valence electrons. The zero-order valence-electron chi connectivity index (χ0n) is 10.8. The van der Waals surface area contributed by atoms with E-state index in [-0.39, 0.29) is 11.4 Å². The van der Waals surface area contributed by atoms with Gasteiger partial charge in [-0.1, -0.05) is 0 Å². The number of carbonyl (C=O) groups excluding carboxylic acids is 1. The van der Waals surface area contributed by atoms with Gasteiger partial charge < -0.3 is 5.32 Å². The third-order valence-corrected chi connectivity index (χ3v) is 2.69. The van der Waals surface area contributed by atoms with Gasteiger partial charge in [0.25, 0.3) is 5.91 Å². The molecule has 0 aliphatic carbocycles. The van der Waals surface area contributed by atoms with E-state index >= 15 is 0 Å². The molecule has 0 saturated heterocycles. The molecular weight excluding hydrogens is 294 g/mol. The Bertz CT molecular complexity index is 538. The average molecular weight is 307 g/mol. The van der Waals surface area contributed by atoms with Crippen molar-refractivity contribution in [2.75, 3.05) is 0 Å². The number of carbonyl (C=O) groups is 1. The summed E-state index contributed by atoms with van der Waals surface area (Å²) in [6.45, 7) is 3.36. The zero-order chi connectivity index (χ0) is 15.4. The molecule has 0 spiro atoms. The Labute approximate surface area is 119 Å². The Morgan fingerprint density at radius 2 is 2.05 bits per heavy atom. The molecule has 0 saturated carbocycles. The SMILES string of the molecule is CC(Cl)CC(C)NC(=O)c1cc(F)cc([N+](=O)[O-])c1F. The van der Waals surface area contributed by atoms with Crippen LogP contribution in [0.3, 0.4) is 0 Å². The van der Waals surface area contributed by atoms with Crippen molar-refractivity contribution in [2.24, 2.45) is 0 Å². The molecule has 0 aliphatic rings. The Hall–Kier alpha value is -1.76. The second kappa shape index (κ2) is 6.60. The second-order valence-electron chi connectivity index (χ2n) is 4.43. The maximum Gasteiger partial charge on any atom is 0.308 e. The fraction of sp³-hybridized carbons (Fsp3) is 0.417. The topological polar surface area (TPSA) is 72.2 Å². The molecule has 1 aromatic rings. The van der Waals surface area contributed by atoms with Gasteiger partial charge in [0.05, 0.1) is 16.6 Å². The standard InChI is InChI=1S/C12H13ClF2N2O3/c1-6(13)3-7(2)16-12(18)9-4-8(14)5-10(11(9)15)17(19)20/h4-7H,3H2,1-2H3,(H,16,18). The van der Waals surface area contributed by atoms with E-state index < -0.39 is 33.7 Å². The average Bonchev–Trinajstić information content (AvgIpc) is 2.29. The summed E-state index contributed by atoms with van der Waals surface area (Å²) in [5.41, 5.74) is -1.78. The minimum atomic E-state index is -1.36. The van der Waals surface area contributed by atoms with Gasteiger partial charge in [0.1, 0.15) is 5.82 Å². The van der Waals surface area contributed by atoms with Crippen molar-refractivity contribution >= 4 is 23.2 Å². The van der Waals surface area contributed by atoms with Crippen LogP contribution in [0.15, 0.2) is 12.1 Å². The van der Waals surface area contributed by atoms with Gasteiger partial charge in [-0.05, 0) is 26.3 Å². The summed E-state index contributed by atoms with van der Waals surface area (Å²) in [4.78, 5) is 21.3. The summed E-state index contributed by atoms with van der Waals surface area (Å²) in [5.74, 6) is -3.34. The maximum absolute atomic E-state index is 13.8. The minimum Gasteiger partial charge on any atom is -0.349 e. The van der Waals surface area contributed by atoms with Crippen molar-refractivity contribution in [3.63, 3.8) is 0 Å². The van der Waals surface area contributed by atoms with Gasteiger partial charge >= 0.3 is 5.69 Å². The number of nitrogens with zero attached hydrogens (tertiary/aromatic N) is 1. The molecule has 0 aromatic heterocycles. The van der Waals surface area contributed by atoms with Crippen LogP contribution < -0.4 is 5.32 Å². The number of rotatable bonds is 5. The largest absolute Gasteiger partial charge is 0.349 e. The summed E-state index contributed by atoms with van der Waals surface area (Å²) >= 11 is 5.75. The van der Waals surface area contributed by atoms with Crippen LogP contribution in [-0.4, -0.2) is 22.2 Å². The van der Waals surface area contributed by atoms with E-state index in [1.54, 1.807) is 13.8 Å². The Morgan fingerprint density at radius 3 is 2.55 bits per heavy atom. The predicted molar refractivity (Wildman–Crippen MR) is 69.9 cm³/mol. The molecule has 2 atom stereocenters. The van der Waals surface area contributed by atoms with E-state index in [4.69, 9.17) is 11.6 Å². The molecule has 1 rings (SSSR count). The Balaban J connectivity index is 3.01. The summed E-state index contributed by atoms with van der Waals surface area (Å²) in [5, 5.41) is 12.8. The molecule has 0 heterocycles. The van der Waals surface area contributed by atoms with Gasteiger partial charge in [-0.25, -0.2) is 4.39 Å². The number of nitro benzene ring substituents is 1. The smallest absolute Gasteiger partial charge is 0.308 e. The molecule has 2 unspecified atom stereocenters. The van der Waals surface area contributed by atoms with Gasteiger partial charge in [-0.2, -0.15) is 4.39 Å². The first-order valence-corrected chi connectivity index (χ1v) is 6.24. The lowest BCUT2D eigenvalue weighted by Crippen LogP contribution is -2.34. The number of benzene rings is 1. The Kier molecular flexibility index (Phi) is 5.38. The number of hydrogen-bond acceptors (Lipinski definition) is 3. The van der Waals surface area contributed by atoms with Crippen LogP contribution in [0.2, 0.25) is 0 Å². The lowest BCUT2D eigenvalue weighted by Gasteiger charge is -2.15. The van der Waals surface area contributed by atoms with Crippen molar-refractivity contribution in [1.29, 1.82) is 0 Å². The summed E-state index contributed by atoms with van der Waals surface area (Å²) < 4.78 is 27.0. The van der Waals surface area contributed by atoms with Crippen molar-refractivity contribution in [1.82, 2.24) is 5.32 Å². The van der Waals surface area contributed by atoms with Crippen LogP contribution in [0.4, 0.5) is 14.5 Å².